The van der Waals surface area contributed by atoms with Gasteiger partial charge in [-0.05, 0) is 56.5 Å². The average molecular weight is 626 g/mol. The third-order valence-corrected chi connectivity index (χ3v) is 8.51. The summed E-state index contributed by atoms with van der Waals surface area (Å²) in [6.45, 7) is 6.67. The Hall–Kier alpha value is -4.37. The second kappa shape index (κ2) is 11.5. The Morgan fingerprint density at radius 2 is 1.84 bits per heavy atom. The molecule has 0 saturated carbocycles. The summed E-state index contributed by atoms with van der Waals surface area (Å²) >= 11 is 0. The second-order valence-electron chi connectivity index (χ2n) is 11.6. The Morgan fingerprint density at radius 3 is 2.56 bits per heavy atom. The predicted octanol–water partition coefficient (Wildman–Crippen LogP) is 4.77. The maximum absolute atomic E-state index is 13.9. The van der Waals surface area contributed by atoms with Crippen LogP contribution in [0.2, 0.25) is 0 Å². The lowest BCUT2D eigenvalue weighted by molar-refractivity contribution is -0.274. The van der Waals surface area contributed by atoms with Gasteiger partial charge in [0.1, 0.15) is 23.4 Å². The van der Waals surface area contributed by atoms with E-state index in [1.807, 2.05) is 10.7 Å². The van der Waals surface area contributed by atoms with Crippen LogP contribution in [0.4, 0.5) is 23.4 Å². The number of benzene rings is 1. The van der Waals surface area contributed by atoms with Crippen LogP contribution in [0.1, 0.15) is 44.0 Å². The zero-order valence-electron chi connectivity index (χ0n) is 24.6. The fourth-order valence-corrected chi connectivity index (χ4v) is 6.46. The summed E-state index contributed by atoms with van der Waals surface area (Å²) in [5.74, 6) is 0.362. The Kier molecular flexibility index (Phi) is 7.52. The van der Waals surface area contributed by atoms with Gasteiger partial charge in [-0.2, -0.15) is 4.98 Å². The highest BCUT2D eigenvalue weighted by Gasteiger charge is 2.38. The highest BCUT2D eigenvalue weighted by molar-refractivity contribution is 5.86. The number of imidazole rings is 1. The molecule has 2 fully saturated rings. The van der Waals surface area contributed by atoms with Crippen LogP contribution in [0.3, 0.4) is 0 Å². The normalized spacial score (nSPS) is 22.0. The molecule has 6 heterocycles. The van der Waals surface area contributed by atoms with Crippen LogP contribution in [0.15, 0.2) is 55.2 Å². The Labute approximate surface area is 255 Å². The standard InChI is InChI=1S/C30H31F4N9O2/c1-18-14-42(27-25-28(43-17-37-39-29(43)38-27)40(16-36-25)15-23-4-3-11-44-23)19(2)13-41(18)26(20-5-7-21(31)8-6-20)24-10-9-22(12-35-24)45-30(32,33)34/h5-10,12,16-19,23,26H,3-4,11,13-15H2,1-2H3/t18-,19+,23+,26+/m1/s1. The number of nitrogens with zero attached hydrogens (tertiary/aromatic N) is 9. The number of piperazine rings is 1. The summed E-state index contributed by atoms with van der Waals surface area (Å²) in [6.07, 6.45) is 1.81. The van der Waals surface area contributed by atoms with Gasteiger partial charge in [-0.1, -0.05) is 12.1 Å². The van der Waals surface area contributed by atoms with Gasteiger partial charge in [-0.25, -0.2) is 13.8 Å². The topological polar surface area (TPSA) is 98.7 Å². The van der Waals surface area contributed by atoms with Crippen molar-refractivity contribution in [2.45, 2.75) is 63.8 Å². The fraction of sp³-hybridized carbons (Fsp3) is 0.433. The van der Waals surface area contributed by atoms with Crippen molar-refractivity contribution in [2.24, 2.45) is 0 Å². The molecule has 2 saturated heterocycles. The van der Waals surface area contributed by atoms with Crippen molar-refractivity contribution >= 4 is 22.8 Å². The van der Waals surface area contributed by atoms with Crippen molar-refractivity contribution in [1.29, 1.82) is 0 Å². The van der Waals surface area contributed by atoms with E-state index in [1.165, 1.54) is 24.3 Å². The van der Waals surface area contributed by atoms with Crippen LogP contribution in [0.25, 0.3) is 16.9 Å². The zero-order valence-corrected chi connectivity index (χ0v) is 24.6. The summed E-state index contributed by atoms with van der Waals surface area (Å²) in [7, 11) is 0. The number of fused-ring (bicyclic) bond motifs is 3. The lowest BCUT2D eigenvalue weighted by atomic mass is 9.96. The van der Waals surface area contributed by atoms with Crippen molar-refractivity contribution in [1.82, 2.24) is 39.0 Å². The SMILES string of the molecule is C[C@@H]1CN(c2nc3nncn3c3c2ncn3C[C@@H]2CCCO2)[C@@H](C)CN1[C@@H](c1ccc(F)cc1)c1ccc(OC(F)(F)F)cn1. The van der Waals surface area contributed by atoms with Crippen molar-refractivity contribution in [2.75, 3.05) is 24.6 Å². The van der Waals surface area contributed by atoms with E-state index >= 15 is 0 Å². The van der Waals surface area contributed by atoms with Gasteiger partial charge < -0.3 is 18.9 Å². The highest BCUT2D eigenvalue weighted by Crippen LogP contribution is 2.36. The second-order valence-corrected chi connectivity index (χ2v) is 11.6. The number of ether oxygens (including phenoxy) is 2. The van der Waals surface area contributed by atoms with Gasteiger partial charge in [-0.15, -0.1) is 23.4 Å². The maximum Gasteiger partial charge on any atom is 0.573 e. The quantitative estimate of drug-likeness (QED) is 0.237. The predicted molar refractivity (Wildman–Crippen MR) is 155 cm³/mol. The van der Waals surface area contributed by atoms with Crippen molar-refractivity contribution in [3.63, 3.8) is 0 Å². The van der Waals surface area contributed by atoms with Crippen LogP contribution >= 0.6 is 0 Å². The van der Waals surface area contributed by atoms with E-state index in [9.17, 15) is 17.6 Å². The maximum atomic E-state index is 13.9. The molecule has 4 atom stereocenters. The van der Waals surface area contributed by atoms with Gasteiger partial charge in [0.25, 0.3) is 5.78 Å². The molecule has 45 heavy (non-hydrogen) atoms. The van der Waals surface area contributed by atoms with Crippen LogP contribution in [0.5, 0.6) is 5.75 Å². The first kappa shape index (κ1) is 29.3. The minimum absolute atomic E-state index is 0.0682. The molecule has 0 bridgehead atoms. The Morgan fingerprint density at radius 1 is 1.02 bits per heavy atom. The van der Waals surface area contributed by atoms with E-state index in [2.05, 4.69) is 48.1 Å². The third-order valence-electron chi connectivity index (χ3n) is 8.51. The number of hydrogen-bond acceptors (Lipinski definition) is 9. The summed E-state index contributed by atoms with van der Waals surface area (Å²) in [6, 6.07) is 8.26. The first-order valence-corrected chi connectivity index (χ1v) is 14.8. The minimum Gasteiger partial charge on any atom is -0.404 e. The van der Waals surface area contributed by atoms with Crippen molar-refractivity contribution in [3.05, 3.63) is 72.3 Å². The number of alkyl halides is 3. The molecule has 0 spiro atoms. The minimum atomic E-state index is -4.82. The van der Waals surface area contributed by atoms with Gasteiger partial charge in [-0.3, -0.25) is 9.88 Å². The van der Waals surface area contributed by atoms with E-state index in [0.717, 1.165) is 42.4 Å². The lowest BCUT2D eigenvalue weighted by Gasteiger charge is -2.47. The van der Waals surface area contributed by atoms with Crippen molar-refractivity contribution < 1.29 is 27.0 Å². The molecule has 236 valence electrons. The summed E-state index contributed by atoms with van der Waals surface area (Å²) in [4.78, 5) is 18.5. The lowest BCUT2D eigenvalue weighted by Crippen LogP contribution is -2.57. The molecular weight excluding hydrogens is 594 g/mol. The van der Waals surface area contributed by atoms with Crippen LogP contribution in [-0.2, 0) is 11.3 Å². The molecule has 7 rings (SSSR count). The third kappa shape index (κ3) is 5.77. The largest absolute Gasteiger partial charge is 0.573 e. The molecule has 5 aromatic rings. The number of hydrogen-bond donors (Lipinski definition) is 0. The first-order valence-electron chi connectivity index (χ1n) is 14.8. The molecule has 0 radical (unpaired) electrons. The monoisotopic (exact) mass is 625 g/mol. The number of pyridine rings is 1. The van der Waals surface area contributed by atoms with Crippen LogP contribution < -0.4 is 9.64 Å². The smallest absolute Gasteiger partial charge is 0.404 e. The molecule has 2 aliphatic heterocycles. The first-order chi connectivity index (χ1) is 21.6. The molecule has 0 N–H and O–H groups in total. The molecule has 11 nitrogen and oxygen atoms in total. The van der Waals surface area contributed by atoms with Gasteiger partial charge in [0.15, 0.2) is 11.5 Å². The summed E-state index contributed by atoms with van der Waals surface area (Å²) in [5, 5.41) is 8.36. The summed E-state index contributed by atoms with van der Waals surface area (Å²) < 4.78 is 66.2. The highest BCUT2D eigenvalue weighted by atomic mass is 19.4. The van der Waals surface area contributed by atoms with Gasteiger partial charge >= 0.3 is 6.36 Å². The van der Waals surface area contributed by atoms with E-state index in [-0.39, 0.29) is 24.0 Å². The molecular formula is C30H31F4N9O2. The Balaban J connectivity index is 1.22. The van der Waals surface area contributed by atoms with Crippen LogP contribution in [0, 0.1) is 5.82 Å². The van der Waals surface area contributed by atoms with Crippen LogP contribution in [-0.4, -0.2) is 83.3 Å². The number of rotatable bonds is 7. The van der Waals surface area contributed by atoms with E-state index < -0.39 is 18.2 Å². The van der Waals surface area contributed by atoms with Gasteiger partial charge in [0, 0.05) is 31.8 Å². The molecule has 0 unspecified atom stereocenters. The molecule has 0 aliphatic carbocycles. The van der Waals surface area contributed by atoms with E-state index in [1.54, 1.807) is 18.5 Å². The average Bonchev–Trinajstić information content (AvgIpc) is 3.77. The molecule has 4 aromatic heterocycles. The van der Waals surface area contributed by atoms with E-state index in [0.29, 0.717) is 36.9 Å². The molecule has 1 aromatic carbocycles. The van der Waals surface area contributed by atoms with Gasteiger partial charge in [0.2, 0.25) is 0 Å². The van der Waals surface area contributed by atoms with Crippen molar-refractivity contribution in [3.8, 4) is 5.75 Å². The zero-order chi connectivity index (χ0) is 31.3. The summed E-state index contributed by atoms with van der Waals surface area (Å²) in [5.41, 5.74) is 2.85. The number of halogens is 4. The van der Waals surface area contributed by atoms with E-state index in [4.69, 9.17) is 14.7 Å². The number of anilines is 1. The number of aromatic nitrogens is 7. The molecule has 0 amide bonds. The Bertz CT molecular complexity index is 1790. The molecule has 15 heteroatoms. The molecule has 2 aliphatic rings. The fourth-order valence-electron chi connectivity index (χ4n) is 6.46. The van der Waals surface area contributed by atoms with Gasteiger partial charge in [0.05, 0.1) is 36.9 Å².